The van der Waals surface area contributed by atoms with Gasteiger partial charge in [0.2, 0.25) is 0 Å². The van der Waals surface area contributed by atoms with Crippen LogP contribution >= 0.6 is 0 Å². The van der Waals surface area contributed by atoms with Gasteiger partial charge in [0.1, 0.15) is 0 Å². The fourth-order valence-electron chi connectivity index (χ4n) is 1.44. The maximum atomic E-state index is 11.7. The van der Waals surface area contributed by atoms with Crippen molar-refractivity contribution in [3.8, 4) is 0 Å². The number of rotatable bonds is 4. The van der Waals surface area contributed by atoms with Crippen molar-refractivity contribution in [1.82, 2.24) is 5.32 Å². The Morgan fingerprint density at radius 1 is 1.00 bits per heavy atom. The van der Waals surface area contributed by atoms with E-state index in [1.165, 1.54) is 0 Å². The first-order valence-corrected chi connectivity index (χ1v) is 6.42. The summed E-state index contributed by atoms with van der Waals surface area (Å²) in [6.45, 7) is 9.37. The van der Waals surface area contributed by atoms with Gasteiger partial charge in [0.05, 0.1) is 6.04 Å². The predicted octanol–water partition coefficient (Wildman–Crippen LogP) is 3.06. The molecule has 0 radical (unpaired) electrons. The molecule has 3 heteroatoms. The van der Waals surface area contributed by atoms with Gasteiger partial charge in [0.25, 0.3) is 5.91 Å². The number of carbonyl (C=O) groups excluding carboxylic acids is 2. The van der Waals surface area contributed by atoms with E-state index in [0.29, 0.717) is 5.56 Å². The summed E-state index contributed by atoms with van der Waals surface area (Å²) in [7, 11) is 0. The normalized spacial score (nSPS) is 11.2. The lowest BCUT2D eigenvalue weighted by atomic mass is 10.0. The first kappa shape index (κ1) is 16.4. The Labute approximate surface area is 110 Å². The molecule has 3 nitrogen and oxygen atoms in total. The fourth-order valence-corrected chi connectivity index (χ4v) is 1.44. The van der Waals surface area contributed by atoms with Crippen LogP contribution in [-0.2, 0) is 4.79 Å². The van der Waals surface area contributed by atoms with Gasteiger partial charge >= 0.3 is 0 Å². The molecule has 0 saturated heterocycles. The van der Waals surface area contributed by atoms with Crippen molar-refractivity contribution in [2.75, 3.05) is 0 Å². The Hall–Kier alpha value is -1.64. The quantitative estimate of drug-likeness (QED) is 0.891. The molecule has 0 saturated carbocycles. The minimum absolute atomic E-state index is 0.0456. The number of hydrogen-bond donors (Lipinski definition) is 1. The molecule has 18 heavy (non-hydrogen) atoms. The van der Waals surface area contributed by atoms with Crippen LogP contribution in [0, 0.1) is 5.92 Å². The van der Waals surface area contributed by atoms with E-state index in [1.54, 1.807) is 31.2 Å². The standard InChI is InChI=1S/C13H17NO2.C2H6/c1-9(2)12(15)10(3)14-13(16)11-7-5-4-6-8-11;1-2/h4-10H,1-3H3,(H,14,16);1-2H3. The van der Waals surface area contributed by atoms with Crippen LogP contribution in [0.1, 0.15) is 45.0 Å². The monoisotopic (exact) mass is 249 g/mol. The van der Waals surface area contributed by atoms with Gasteiger partial charge in [-0.15, -0.1) is 0 Å². The van der Waals surface area contributed by atoms with E-state index in [1.807, 2.05) is 33.8 Å². The molecule has 0 heterocycles. The number of nitrogens with one attached hydrogen (secondary N) is 1. The first-order chi connectivity index (χ1) is 8.52. The van der Waals surface area contributed by atoms with Gasteiger partial charge in [-0.3, -0.25) is 9.59 Å². The molecule has 1 aromatic rings. The van der Waals surface area contributed by atoms with Crippen molar-refractivity contribution >= 4 is 11.7 Å². The van der Waals surface area contributed by atoms with Crippen LogP contribution in [0.2, 0.25) is 0 Å². The van der Waals surface area contributed by atoms with E-state index in [2.05, 4.69) is 5.32 Å². The highest BCUT2D eigenvalue weighted by Gasteiger charge is 2.18. The third kappa shape index (κ3) is 5.13. The summed E-state index contributed by atoms with van der Waals surface area (Å²) in [5, 5.41) is 2.69. The average molecular weight is 249 g/mol. The molecule has 1 N–H and O–H groups in total. The lowest BCUT2D eigenvalue weighted by Gasteiger charge is -2.14. The summed E-state index contributed by atoms with van der Waals surface area (Å²) in [6, 6.07) is 8.45. The maximum Gasteiger partial charge on any atom is 0.251 e. The van der Waals surface area contributed by atoms with Crippen molar-refractivity contribution in [3.05, 3.63) is 35.9 Å². The van der Waals surface area contributed by atoms with Gasteiger partial charge in [0.15, 0.2) is 5.78 Å². The number of amides is 1. The number of carbonyl (C=O) groups is 2. The van der Waals surface area contributed by atoms with Gasteiger partial charge in [-0.25, -0.2) is 0 Å². The van der Waals surface area contributed by atoms with E-state index in [9.17, 15) is 9.59 Å². The van der Waals surface area contributed by atoms with Crippen molar-refractivity contribution in [3.63, 3.8) is 0 Å². The van der Waals surface area contributed by atoms with Gasteiger partial charge < -0.3 is 5.32 Å². The Morgan fingerprint density at radius 3 is 1.94 bits per heavy atom. The Bertz CT molecular complexity index is 371. The van der Waals surface area contributed by atoms with Gasteiger partial charge in [-0.1, -0.05) is 45.9 Å². The summed E-state index contributed by atoms with van der Waals surface area (Å²) < 4.78 is 0. The molecule has 0 aliphatic carbocycles. The average Bonchev–Trinajstić information content (AvgIpc) is 2.40. The third-order valence-electron chi connectivity index (χ3n) is 2.38. The molecule has 1 aromatic carbocycles. The molecule has 1 rings (SSSR count). The molecule has 100 valence electrons. The summed E-state index contributed by atoms with van der Waals surface area (Å²) >= 11 is 0. The molecule has 1 unspecified atom stereocenters. The molecule has 1 atom stereocenters. The lowest BCUT2D eigenvalue weighted by Crippen LogP contribution is -2.40. The number of Topliss-reactive ketones (excluding diaryl/α,β-unsaturated/α-hetero) is 1. The topological polar surface area (TPSA) is 46.2 Å². The first-order valence-electron chi connectivity index (χ1n) is 6.42. The zero-order valence-corrected chi connectivity index (χ0v) is 11.9. The van der Waals surface area contributed by atoms with Gasteiger partial charge in [-0.2, -0.15) is 0 Å². The largest absolute Gasteiger partial charge is 0.343 e. The Kier molecular flexibility index (Phi) is 7.68. The highest BCUT2D eigenvalue weighted by Crippen LogP contribution is 2.02. The molecule has 0 aromatic heterocycles. The molecule has 0 aliphatic heterocycles. The van der Waals surface area contributed by atoms with Crippen molar-refractivity contribution in [2.24, 2.45) is 5.92 Å². The highest BCUT2D eigenvalue weighted by molar-refractivity contribution is 5.98. The molecule has 0 spiro atoms. The Balaban J connectivity index is 0.00000137. The summed E-state index contributed by atoms with van der Waals surface area (Å²) in [5.74, 6) is -0.225. The van der Waals surface area contributed by atoms with E-state index in [0.717, 1.165) is 0 Å². The molecule has 0 aliphatic rings. The van der Waals surface area contributed by atoms with Crippen LogP contribution in [0.4, 0.5) is 0 Å². The van der Waals surface area contributed by atoms with Crippen molar-refractivity contribution < 1.29 is 9.59 Å². The van der Waals surface area contributed by atoms with Gasteiger partial charge in [-0.05, 0) is 19.1 Å². The van der Waals surface area contributed by atoms with E-state index < -0.39 is 6.04 Å². The molecular formula is C15H23NO2. The van der Waals surface area contributed by atoms with Crippen LogP contribution < -0.4 is 5.32 Å². The number of ketones is 1. The molecule has 0 fully saturated rings. The number of hydrogen-bond acceptors (Lipinski definition) is 2. The summed E-state index contributed by atoms with van der Waals surface area (Å²) in [5.41, 5.74) is 0.575. The minimum atomic E-state index is -0.437. The molecular weight excluding hydrogens is 226 g/mol. The van der Waals surface area contributed by atoms with Crippen LogP contribution in [0.3, 0.4) is 0 Å². The van der Waals surface area contributed by atoms with E-state index in [-0.39, 0.29) is 17.6 Å². The maximum absolute atomic E-state index is 11.7. The second kappa shape index (κ2) is 8.45. The van der Waals surface area contributed by atoms with Crippen LogP contribution in [0.5, 0.6) is 0 Å². The van der Waals surface area contributed by atoms with E-state index in [4.69, 9.17) is 0 Å². The van der Waals surface area contributed by atoms with Gasteiger partial charge in [0, 0.05) is 11.5 Å². The predicted molar refractivity (Wildman–Crippen MR) is 74.6 cm³/mol. The van der Waals surface area contributed by atoms with Crippen molar-refractivity contribution in [1.29, 1.82) is 0 Å². The van der Waals surface area contributed by atoms with Crippen LogP contribution in [0.25, 0.3) is 0 Å². The molecule has 1 amide bonds. The SMILES string of the molecule is CC.CC(C)C(=O)C(C)NC(=O)c1ccccc1. The van der Waals surface area contributed by atoms with Crippen LogP contribution in [0.15, 0.2) is 30.3 Å². The second-order valence-corrected chi connectivity index (χ2v) is 4.12. The molecule has 0 bridgehead atoms. The minimum Gasteiger partial charge on any atom is -0.343 e. The van der Waals surface area contributed by atoms with Crippen molar-refractivity contribution in [2.45, 2.75) is 40.7 Å². The fraction of sp³-hybridized carbons (Fsp3) is 0.467. The smallest absolute Gasteiger partial charge is 0.251 e. The number of benzene rings is 1. The summed E-state index contributed by atoms with van der Waals surface area (Å²) in [6.07, 6.45) is 0. The highest BCUT2D eigenvalue weighted by atomic mass is 16.2. The second-order valence-electron chi connectivity index (χ2n) is 4.12. The zero-order chi connectivity index (χ0) is 14.1. The Morgan fingerprint density at radius 2 is 1.50 bits per heavy atom. The van der Waals surface area contributed by atoms with E-state index >= 15 is 0 Å². The lowest BCUT2D eigenvalue weighted by molar-refractivity contribution is -0.123. The van der Waals surface area contributed by atoms with Crippen LogP contribution in [-0.4, -0.2) is 17.7 Å². The summed E-state index contributed by atoms with van der Waals surface area (Å²) in [4.78, 5) is 23.3. The zero-order valence-electron chi connectivity index (χ0n) is 11.9. The third-order valence-corrected chi connectivity index (χ3v) is 2.38.